The van der Waals surface area contributed by atoms with Gasteiger partial charge in [0.05, 0.1) is 6.20 Å². The van der Waals surface area contributed by atoms with Crippen molar-refractivity contribution in [3.05, 3.63) is 18.0 Å². The van der Waals surface area contributed by atoms with Crippen LogP contribution < -0.4 is 5.32 Å². The van der Waals surface area contributed by atoms with Gasteiger partial charge in [-0.05, 0) is 38.7 Å². The van der Waals surface area contributed by atoms with E-state index in [-0.39, 0.29) is 11.8 Å². The highest BCUT2D eigenvalue weighted by Gasteiger charge is 2.22. The Hall–Kier alpha value is -1.85. The van der Waals surface area contributed by atoms with E-state index < -0.39 is 0 Å². The predicted molar refractivity (Wildman–Crippen MR) is 84.2 cm³/mol. The quantitative estimate of drug-likeness (QED) is 0.866. The van der Waals surface area contributed by atoms with Gasteiger partial charge in [0.25, 0.3) is 0 Å². The van der Waals surface area contributed by atoms with E-state index in [9.17, 15) is 9.59 Å². The molecule has 1 aliphatic heterocycles. The molecule has 0 spiro atoms. The van der Waals surface area contributed by atoms with Gasteiger partial charge in [-0.25, -0.2) is 0 Å². The number of amides is 2. The molecule has 1 fully saturated rings. The van der Waals surface area contributed by atoms with Gasteiger partial charge in [0, 0.05) is 44.7 Å². The van der Waals surface area contributed by atoms with Crippen LogP contribution >= 0.6 is 0 Å². The molecule has 22 heavy (non-hydrogen) atoms. The number of rotatable bonds is 6. The van der Waals surface area contributed by atoms with Crippen molar-refractivity contribution in [1.29, 1.82) is 0 Å². The van der Waals surface area contributed by atoms with E-state index in [0.717, 1.165) is 24.9 Å². The number of aryl methyl sites for hydroxylation is 2. The second kappa shape index (κ2) is 7.96. The first-order valence-corrected chi connectivity index (χ1v) is 8.11. The van der Waals surface area contributed by atoms with E-state index in [1.54, 1.807) is 10.9 Å². The highest BCUT2D eigenvalue weighted by Crippen LogP contribution is 2.16. The molecule has 1 aromatic rings. The number of carbonyl (C=O) groups is 2. The molecule has 0 aromatic carbocycles. The molecule has 0 aliphatic carbocycles. The molecular weight excluding hydrogens is 280 g/mol. The SMILES string of the molecule is Cc1cnn(CCC(=O)NCCC(=O)N2CCCC[C@@H]2C)c1. The summed E-state index contributed by atoms with van der Waals surface area (Å²) in [7, 11) is 0. The number of carbonyl (C=O) groups excluding carboxylic acids is 2. The number of hydrogen-bond donors (Lipinski definition) is 1. The second-order valence-electron chi connectivity index (χ2n) is 6.06. The molecule has 1 N–H and O–H groups in total. The van der Waals surface area contributed by atoms with E-state index in [4.69, 9.17) is 0 Å². The van der Waals surface area contributed by atoms with Crippen molar-refractivity contribution >= 4 is 11.8 Å². The average molecular weight is 306 g/mol. The van der Waals surface area contributed by atoms with Crippen LogP contribution in [0, 0.1) is 6.92 Å². The lowest BCUT2D eigenvalue weighted by Crippen LogP contribution is -2.43. The molecule has 6 nitrogen and oxygen atoms in total. The third-order valence-corrected chi connectivity index (χ3v) is 4.11. The van der Waals surface area contributed by atoms with E-state index >= 15 is 0 Å². The van der Waals surface area contributed by atoms with Crippen LogP contribution in [0.2, 0.25) is 0 Å². The first-order chi connectivity index (χ1) is 10.6. The summed E-state index contributed by atoms with van der Waals surface area (Å²) in [5.41, 5.74) is 1.08. The molecule has 1 aliphatic rings. The molecule has 2 heterocycles. The maximum atomic E-state index is 12.1. The van der Waals surface area contributed by atoms with Gasteiger partial charge in [-0.1, -0.05) is 0 Å². The van der Waals surface area contributed by atoms with Crippen LogP contribution in [0.5, 0.6) is 0 Å². The van der Waals surface area contributed by atoms with Crippen molar-refractivity contribution in [2.24, 2.45) is 0 Å². The highest BCUT2D eigenvalue weighted by molar-refractivity contribution is 5.79. The van der Waals surface area contributed by atoms with Crippen LogP contribution in [0.3, 0.4) is 0 Å². The van der Waals surface area contributed by atoms with E-state index in [2.05, 4.69) is 17.3 Å². The lowest BCUT2D eigenvalue weighted by molar-refractivity contribution is -0.134. The zero-order chi connectivity index (χ0) is 15.9. The number of hydrogen-bond acceptors (Lipinski definition) is 3. The van der Waals surface area contributed by atoms with Crippen LogP contribution in [0.25, 0.3) is 0 Å². The van der Waals surface area contributed by atoms with Crippen molar-refractivity contribution in [3.8, 4) is 0 Å². The minimum atomic E-state index is -0.0346. The Morgan fingerprint density at radius 2 is 2.18 bits per heavy atom. The summed E-state index contributed by atoms with van der Waals surface area (Å²) < 4.78 is 1.76. The molecule has 0 radical (unpaired) electrons. The van der Waals surface area contributed by atoms with Crippen LogP contribution in [0.1, 0.15) is 44.6 Å². The van der Waals surface area contributed by atoms with Crippen molar-refractivity contribution in [3.63, 3.8) is 0 Å². The fourth-order valence-corrected chi connectivity index (χ4v) is 2.81. The normalized spacial score (nSPS) is 18.3. The van der Waals surface area contributed by atoms with Crippen molar-refractivity contribution in [1.82, 2.24) is 20.0 Å². The molecule has 2 amide bonds. The Labute approximate surface area is 131 Å². The first-order valence-electron chi connectivity index (χ1n) is 8.11. The fraction of sp³-hybridized carbons (Fsp3) is 0.688. The maximum Gasteiger partial charge on any atom is 0.224 e. The topological polar surface area (TPSA) is 67.2 Å². The van der Waals surface area contributed by atoms with Gasteiger partial charge >= 0.3 is 0 Å². The van der Waals surface area contributed by atoms with Gasteiger partial charge in [-0.15, -0.1) is 0 Å². The number of nitrogens with one attached hydrogen (secondary N) is 1. The van der Waals surface area contributed by atoms with Crippen molar-refractivity contribution in [2.75, 3.05) is 13.1 Å². The second-order valence-corrected chi connectivity index (χ2v) is 6.06. The smallest absolute Gasteiger partial charge is 0.224 e. The van der Waals surface area contributed by atoms with E-state index in [0.29, 0.717) is 32.0 Å². The lowest BCUT2D eigenvalue weighted by atomic mass is 10.0. The summed E-state index contributed by atoms with van der Waals surface area (Å²) >= 11 is 0. The molecular formula is C16H26N4O2. The molecule has 1 atom stereocenters. The van der Waals surface area contributed by atoms with Gasteiger partial charge in [0.1, 0.15) is 0 Å². The molecule has 1 aromatic heterocycles. The van der Waals surface area contributed by atoms with Gasteiger partial charge in [0.15, 0.2) is 0 Å². The molecule has 2 rings (SSSR count). The predicted octanol–water partition coefficient (Wildman–Crippen LogP) is 1.49. The minimum Gasteiger partial charge on any atom is -0.356 e. The summed E-state index contributed by atoms with van der Waals surface area (Å²) in [5, 5.41) is 6.96. The monoisotopic (exact) mass is 306 g/mol. The fourth-order valence-electron chi connectivity index (χ4n) is 2.81. The van der Waals surface area contributed by atoms with Crippen molar-refractivity contribution in [2.45, 2.75) is 58.5 Å². The minimum absolute atomic E-state index is 0.0346. The van der Waals surface area contributed by atoms with Crippen LogP contribution in [0.15, 0.2) is 12.4 Å². The molecule has 6 heteroatoms. The first kappa shape index (κ1) is 16.5. The Bertz CT molecular complexity index is 512. The number of aromatic nitrogens is 2. The third-order valence-electron chi connectivity index (χ3n) is 4.11. The number of likely N-dealkylation sites (tertiary alicyclic amines) is 1. The Morgan fingerprint density at radius 1 is 1.36 bits per heavy atom. The molecule has 122 valence electrons. The van der Waals surface area contributed by atoms with Gasteiger partial charge in [0.2, 0.25) is 11.8 Å². The Kier molecular flexibility index (Phi) is 5.98. The molecule has 0 unspecified atom stereocenters. The summed E-state index contributed by atoms with van der Waals surface area (Å²) in [5.74, 6) is 0.114. The maximum absolute atomic E-state index is 12.1. The number of nitrogens with zero attached hydrogens (tertiary/aromatic N) is 3. The zero-order valence-electron chi connectivity index (χ0n) is 13.5. The van der Waals surface area contributed by atoms with E-state index in [1.165, 1.54) is 6.42 Å². The Balaban J connectivity index is 1.63. The highest BCUT2D eigenvalue weighted by atomic mass is 16.2. The van der Waals surface area contributed by atoms with Crippen LogP contribution in [-0.4, -0.2) is 45.6 Å². The molecule has 0 saturated carbocycles. The van der Waals surface area contributed by atoms with Crippen LogP contribution in [-0.2, 0) is 16.1 Å². The summed E-state index contributed by atoms with van der Waals surface area (Å²) in [6.45, 7) is 5.90. The third kappa shape index (κ3) is 4.86. The summed E-state index contributed by atoms with van der Waals surface area (Å²) in [6, 6.07) is 0.333. The van der Waals surface area contributed by atoms with E-state index in [1.807, 2.05) is 18.0 Å². The molecule has 0 bridgehead atoms. The van der Waals surface area contributed by atoms with Crippen LogP contribution in [0.4, 0.5) is 0 Å². The summed E-state index contributed by atoms with van der Waals surface area (Å²) in [6.07, 6.45) is 7.83. The average Bonchev–Trinajstić information content (AvgIpc) is 2.91. The van der Waals surface area contributed by atoms with Crippen molar-refractivity contribution < 1.29 is 9.59 Å². The number of piperidine rings is 1. The largest absolute Gasteiger partial charge is 0.356 e. The lowest BCUT2D eigenvalue weighted by Gasteiger charge is -2.33. The Morgan fingerprint density at radius 3 is 2.86 bits per heavy atom. The standard InChI is InChI=1S/C16H26N4O2/c1-13-11-18-19(12-13)10-7-15(21)17-8-6-16(22)20-9-4-3-5-14(20)2/h11-12,14H,3-10H2,1-2H3,(H,17,21)/t14-/m0/s1. The molecule has 1 saturated heterocycles. The summed E-state index contributed by atoms with van der Waals surface area (Å²) in [4.78, 5) is 25.8. The van der Waals surface area contributed by atoms with Gasteiger partial charge < -0.3 is 10.2 Å². The van der Waals surface area contributed by atoms with Gasteiger partial charge in [-0.3, -0.25) is 14.3 Å². The zero-order valence-corrected chi connectivity index (χ0v) is 13.5. The van der Waals surface area contributed by atoms with Gasteiger partial charge in [-0.2, -0.15) is 5.10 Å².